The van der Waals surface area contributed by atoms with Crippen molar-refractivity contribution in [1.29, 1.82) is 0 Å². The number of imide groups is 1. The van der Waals surface area contributed by atoms with Gasteiger partial charge in [-0.25, -0.2) is 9.91 Å². The van der Waals surface area contributed by atoms with Gasteiger partial charge in [0.25, 0.3) is 17.7 Å². The molecular formula is C31H30N6O4. The fourth-order valence-electron chi connectivity index (χ4n) is 5.64. The molecule has 3 aliphatic heterocycles. The van der Waals surface area contributed by atoms with E-state index >= 15 is 0 Å². The van der Waals surface area contributed by atoms with E-state index in [0.29, 0.717) is 17.9 Å². The van der Waals surface area contributed by atoms with Gasteiger partial charge in [0.05, 0.1) is 24.6 Å². The van der Waals surface area contributed by atoms with Crippen LogP contribution in [0.25, 0.3) is 0 Å². The van der Waals surface area contributed by atoms with Crippen LogP contribution in [-0.2, 0) is 14.4 Å². The van der Waals surface area contributed by atoms with Gasteiger partial charge in [0.2, 0.25) is 0 Å². The minimum Gasteiger partial charge on any atom is -0.497 e. The van der Waals surface area contributed by atoms with E-state index in [1.54, 1.807) is 19.2 Å². The molecule has 208 valence electrons. The van der Waals surface area contributed by atoms with Crippen LogP contribution in [0.4, 0.5) is 5.69 Å². The Hall–Kier alpha value is -4.86. The first-order valence-corrected chi connectivity index (χ1v) is 13.5. The lowest BCUT2D eigenvalue weighted by Gasteiger charge is -2.25. The zero-order valence-electron chi connectivity index (χ0n) is 23.3. The van der Waals surface area contributed by atoms with Crippen molar-refractivity contribution in [2.45, 2.75) is 45.3 Å². The number of rotatable bonds is 6. The molecule has 3 atom stereocenters. The topological polar surface area (TPSA) is 107 Å². The summed E-state index contributed by atoms with van der Waals surface area (Å²) >= 11 is 0. The summed E-state index contributed by atoms with van der Waals surface area (Å²) in [5.74, 6) is -0.533. The maximum Gasteiger partial charge on any atom is 0.264 e. The average molecular weight is 551 g/mol. The van der Waals surface area contributed by atoms with Crippen LogP contribution in [-0.4, -0.2) is 59.2 Å². The van der Waals surface area contributed by atoms with Crippen LogP contribution in [0.3, 0.4) is 0 Å². The quantitative estimate of drug-likeness (QED) is 0.426. The van der Waals surface area contributed by atoms with E-state index in [2.05, 4.69) is 16.4 Å². The van der Waals surface area contributed by atoms with Gasteiger partial charge in [0, 0.05) is 12.0 Å². The second-order valence-electron chi connectivity index (χ2n) is 10.6. The smallest absolute Gasteiger partial charge is 0.264 e. The molecule has 3 unspecified atom stereocenters. The van der Waals surface area contributed by atoms with Crippen molar-refractivity contribution in [3.05, 3.63) is 94.5 Å². The van der Waals surface area contributed by atoms with Crippen LogP contribution < -0.4 is 9.64 Å². The Morgan fingerprint density at radius 2 is 1.63 bits per heavy atom. The summed E-state index contributed by atoms with van der Waals surface area (Å²) in [5, 5.41) is 15.7. The number of carbonyl (C=O) groups excluding carboxylic acids is 3. The molecule has 3 aliphatic rings. The second-order valence-corrected chi connectivity index (χ2v) is 10.6. The van der Waals surface area contributed by atoms with Crippen LogP contribution >= 0.6 is 0 Å². The number of carbonyl (C=O) groups is 3. The summed E-state index contributed by atoms with van der Waals surface area (Å²) in [6.07, 6.45) is 0.522. The number of benzene rings is 3. The van der Waals surface area contributed by atoms with Crippen molar-refractivity contribution in [2.24, 2.45) is 15.4 Å². The van der Waals surface area contributed by atoms with Gasteiger partial charge < -0.3 is 4.74 Å². The predicted molar refractivity (Wildman–Crippen MR) is 152 cm³/mol. The molecule has 0 saturated carbocycles. The third-order valence-electron chi connectivity index (χ3n) is 7.81. The first kappa shape index (κ1) is 26.4. The van der Waals surface area contributed by atoms with Gasteiger partial charge in [-0.05, 0) is 56.2 Å². The monoisotopic (exact) mass is 550 g/mol. The molecule has 3 aromatic rings. The predicted octanol–water partition coefficient (Wildman–Crippen LogP) is 4.29. The number of methoxy groups -OCH3 is 1. The zero-order valence-corrected chi connectivity index (χ0v) is 23.3. The van der Waals surface area contributed by atoms with Crippen molar-refractivity contribution in [1.82, 2.24) is 10.0 Å². The molecule has 0 radical (unpaired) electrons. The molecule has 3 amide bonds. The van der Waals surface area contributed by atoms with E-state index in [0.717, 1.165) is 38.4 Å². The lowest BCUT2D eigenvalue weighted by atomic mass is 9.95. The van der Waals surface area contributed by atoms with E-state index < -0.39 is 23.9 Å². The number of fused-ring (bicyclic) bond motifs is 1. The molecule has 0 N–H and O–H groups in total. The molecule has 1 saturated heterocycles. The Balaban J connectivity index is 1.27. The van der Waals surface area contributed by atoms with Gasteiger partial charge >= 0.3 is 0 Å². The fraction of sp³-hybridized carbons (Fsp3) is 0.290. The Labute approximate surface area is 237 Å². The van der Waals surface area contributed by atoms with Crippen LogP contribution in [0, 0.1) is 20.8 Å². The molecule has 10 heteroatoms. The summed E-state index contributed by atoms with van der Waals surface area (Å²) in [6, 6.07) is 18.5. The van der Waals surface area contributed by atoms with Gasteiger partial charge in [0.1, 0.15) is 12.3 Å². The van der Waals surface area contributed by atoms with Crippen molar-refractivity contribution >= 4 is 29.1 Å². The van der Waals surface area contributed by atoms with Crippen molar-refractivity contribution in [3.8, 4) is 5.75 Å². The summed E-state index contributed by atoms with van der Waals surface area (Å²) in [4.78, 5) is 41.5. The number of hydrogen-bond donors (Lipinski definition) is 0. The average Bonchev–Trinajstić information content (AvgIpc) is 3.65. The lowest BCUT2D eigenvalue weighted by molar-refractivity contribution is -0.135. The van der Waals surface area contributed by atoms with Crippen molar-refractivity contribution in [3.63, 3.8) is 0 Å². The Morgan fingerprint density at radius 3 is 2.32 bits per heavy atom. The number of anilines is 1. The summed E-state index contributed by atoms with van der Waals surface area (Å²) in [5.41, 5.74) is 6.40. The normalized spacial score (nSPS) is 21.5. The highest BCUT2D eigenvalue weighted by molar-refractivity contribution is 6.25. The molecule has 41 heavy (non-hydrogen) atoms. The first-order chi connectivity index (χ1) is 19.7. The molecule has 0 bridgehead atoms. The Bertz CT molecular complexity index is 1600. The Kier molecular flexibility index (Phi) is 6.61. The number of hydrazone groups is 1. The van der Waals surface area contributed by atoms with Crippen molar-refractivity contribution in [2.75, 3.05) is 18.6 Å². The molecular weight excluding hydrogens is 520 g/mol. The highest BCUT2D eigenvalue weighted by atomic mass is 16.5. The number of hydrogen-bond acceptors (Lipinski definition) is 8. The zero-order chi connectivity index (χ0) is 28.8. The number of nitrogens with zero attached hydrogens (tertiary/aromatic N) is 6. The van der Waals surface area contributed by atoms with Crippen LogP contribution in [0.5, 0.6) is 5.75 Å². The van der Waals surface area contributed by atoms with Crippen LogP contribution in [0.15, 0.2) is 82.2 Å². The van der Waals surface area contributed by atoms with Crippen molar-refractivity contribution < 1.29 is 19.1 Å². The molecule has 10 nitrogen and oxygen atoms in total. The van der Waals surface area contributed by atoms with E-state index in [-0.39, 0.29) is 18.5 Å². The third-order valence-corrected chi connectivity index (χ3v) is 7.81. The van der Waals surface area contributed by atoms with Crippen LogP contribution in [0.2, 0.25) is 0 Å². The Morgan fingerprint density at radius 1 is 0.927 bits per heavy atom. The van der Waals surface area contributed by atoms with E-state index in [9.17, 15) is 14.4 Å². The molecule has 0 aromatic heterocycles. The largest absolute Gasteiger partial charge is 0.497 e. The van der Waals surface area contributed by atoms with Gasteiger partial charge in [-0.15, -0.1) is 0 Å². The van der Waals surface area contributed by atoms with Gasteiger partial charge in [-0.3, -0.25) is 19.4 Å². The number of amides is 3. The standard InChI is InChI=1S/C31H30N6O4/c1-18-5-10-22(11-6-18)36-30(39)28-29(31(36)40)35(34-32-28)17-27(38)37-26(21-8-12-23(41-4)13-9-21)16-25(33-37)24-14-7-19(2)15-20(24)3/h5-15,26,28-29H,16-17H2,1-4H3. The summed E-state index contributed by atoms with van der Waals surface area (Å²) in [6.45, 7) is 5.75. The fourth-order valence-corrected chi connectivity index (χ4v) is 5.64. The third kappa shape index (κ3) is 4.65. The van der Waals surface area contributed by atoms with Gasteiger partial charge in [-0.2, -0.15) is 10.2 Å². The number of aryl methyl sites for hydroxylation is 3. The molecule has 6 rings (SSSR count). The molecule has 3 aromatic carbocycles. The maximum absolute atomic E-state index is 13.8. The van der Waals surface area contributed by atoms with Gasteiger partial charge in [-0.1, -0.05) is 58.8 Å². The minimum absolute atomic E-state index is 0.248. The highest BCUT2D eigenvalue weighted by Gasteiger charge is 2.55. The van der Waals surface area contributed by atoms with Crippen LogP contribution in [0.1, 0.15) is 40.3 Å². The molecule has 1 fully saturated rings. The van der Waals surface area contributed by atoms with E-state index in [1.165, 1.54) is 10.0 Å². The van der Waals surface area contributed by atoms with E-state index in [1.807, 2.05) is 69.3 Å². The number of ether oxygens (including phenoxy) is 1. The molecule has 0 spiro atoms. The first-order valence-electron chi connectivity index (χ1n) is 13.5. The van der Waals surface area contributed by atoms with Gasteiger partial charge in [0.15, 0.2) is 12.1 Å². The lowest BCUT2D eigenvalue weighted by Crippen LogP contribution is -2.44. The summed E-state index contributed by atoms with van der Waals surface area (Å²) in [7, 11) is 1.61. The van der Waals surface area contributed by atoms with E-state index in [4.69, 9.17) is 9.84 Å². The SMILES string of the molecule is COc1ccc(C2CC(c3ccc(C)cc3C)=NN2C(=O)CN2N=NC3C(=O)N(c4ccc(C)cc4)C(=O)C32)cc1. The molecule has 0 aliphatic carbocycles. The second kappa shape index (κ2) is 10.3. The minimum atomic E-state index is -0.984. The maximum atomic E-state index is 13.8. The highest BCUT2D eigenvalue weighted by Crippen LogP contribution is 2.36. The summed E-state index contributed by atoms with van der Waals surface area (Å²) < 4.78 is 5.32. The molecule has 3 heterocycles.